The summed E-state index contributed by atoms with van der Waals surface area (Å²) in [6.07, 6.45) is 2.76. The van der Waals surface area contributed by atoms with Crippen molar-refractivity contribution in [2.75, 3.05) is 11.1 Å². The second kappa shape index (κ2) is 7.49. The summed E-state index contributed by atoms with van der Waals surface area (Å²) < 4.78 is 5.53. The third kappa shape index (κ3) is 3.94. The lowest BCUT2D eigenvalue weighted by Crippen LogP contribution is -2.14. The number of nitrogens with one attached hydrogen (secondary N) is 1. The summed E-state index contributed by atoms with van der Waals surface area (Å²) in [6.45, 7) is 4.36. The molecule has 1 aromatic carbocycles. The number of carbonyl (C=O) groups is 1. The van der Waals surface area contributed by atoms with E-state index < -0.39 is 0 Å². The molecule has 0 saturated heterocycles. The average molecular weight is 341 g/mol. The fourth-order valence-electron chi connectivity index (χ4n) is 2.27. The first-order valence-electron chi connectivity index (χ1n) is 7.90. The van der Waals surface area contributed by atoms with Crippen LogP contribution in [0.2, 0.25) is 0 Å². The first kappa shape index (κ1) is 16.5. The molecule has 0 saturated carbocycles. The molecular weight excluding hydrogens is 322 g/mol. The molecule has 0 aliphatic heterocycles. The first-order chi connectivity index (χ1) is 11.7. The zero-order valence-corrected chi connectivity index (χ0v) is 14.5. The van der Waals surface area contributed by atoms with Gasteiger partial charge in [0.2, 0.25) is 5.91 Å². The van der Waals surface area contributed by atoms with Crippen molar-refractivity contribution in [2.24, 2.45) is 0 Å². The van der Waals surface area contributed by atoms with Crippen molar-refractivity contribution in [3.8, 4) is 0 Å². The first-order valence-corrected chi connectivity index (χ1v) is 8.88. The van der Waals surface area contributed by atoms with Crippen molar-refractivity contribution in [3.63, 3.8) is 0 Å². The van der Waals surface area contributed by atoms with Crippen LogP contribution in [0.25, 0.3) is 11.2 Å². The van der Waals surface area contributed by atoms with Gasteiger partial charge in [-0.3, -0.25) is 4.79 Å². The van der Waals surface area contributed by atoms with Crippen LogP contribution < -0.4 is 5.32 Å². The number of nitrogens with zero attached hydrogens (tertiary/aromatic N) is 2. The van der Waals surface area contributed by atoms with Gasteiger partial charge in [0.05, 0.1) is 5.75 Å². The Bertz CT molecular complexity index is 797. The van der Waals surface area contributed by atoms with Gasteiger partial charge in [-0.2, -0.15) is 4.98 Å². The number of rotatable bonds is 6. The maximum atomic E-state index is 12.1. The molecule has 6 heteroatoms. The van der Waals surface area contributed by atoms with E-state index in [0.29, 0.717) is 22.4 Å². The van der Waals surface area contributed by atoms with E-state index in [9.17, 15) is 4.79 Å². The second-order valence-electron chi connectivity index (χ2n) is 5.57. The predicted octanol–water partition coefficient (Wildman–Crippen LogP) is 4.47. The summed E-state index contributed by atoms with van der Waals surface area (Å²) >= 11 is 1.26. The molecule has 2 heterocycles. The lowest BCUT2D eigenvalue weighted by molar-refractivity contribution is -0.113. The Morgan fingerprint density at radius 2 is 2.08 bits per heavy atom. The number of oxazole rings is 1. The van der Waals surface area contributed by atoms with Crippen LogP contribution in [0.5, 0.6) is 0 Å². The van der Waals surface area contributed by atoms with Gasteiger partial charge in [0.15, 0.2) is 11.2 Å². The lowest BCUT2D eigenvalue weighted by atomic mass is 9.99. The molecule has 0 unspecified atom stereocenters. The van der Waals surface area contributed by atoms with Crippen LogP contribution in [0, 0.1) is 0 Å². The van der Waals surface area contributed by atoms with Crippen LogP contribution in [-0.2, 0) is 4.79 Å². The number of fused-ring (bicyclic) bond motifs is 1. The number of pyridine rings is 1. The zero-order valence-electron chi connectivity index (χ0n) is 13.7. The number of hydrogen-bond donors (Lipinski definition) is 1. The van der Waals surface area contributed by atoms with Crippen molar-refractivity contribution in [1.29, 1.82) is 0 Å². The summed E-state index contributed by atoms with van der Waals surface area (Å²) in [7, 11) is 0. The Labute approximate surface area is 144 Å². The summed E-state index contributed by atoms with van der Waals surface area (Å²) in [5, 5.41) is 3.34. The highest BCUT2D eigenvalue weighted by Gasteiger charge is 2.10. The van der Waals surface area contributed by atoms with Gasteiger partial charge in [-0.25, -0.2) is 4.98 Å². The smallest absolute Gasteiger partial charge is 0.258 e. The fourth-order valence-corrected chi connectivity index (χ4v) is 2.89. The minimum Gasteiger partial charge on any atom is -0.430 e. The van der Waals surface area contributed by atoms with Gasteiger partial charge in [0.1, 0.15) is 0 Å². The summed E-state index contributed by atoms with van der Waals surface area (Å²) in [6, 6.07) is 11.6. The van der Waals surface area contributed by atoms with Gasteiger partial charge >= 0.3 is 0 Å². The molecule has 2 aromatic heterocycles. The van der Waals surface area contributed by atoms with Gasteiger partial charge in [-0.05, 0) is 42.2 Å². The monoisotopic (exact) mass is 341 g/mol. The molecule has 1 N–H and O–H groups in total. The van der Waals surface area contributed by atoms with Gasteiger partial charge < -0.3 is 9.73 Å². The average Bonchev–Trinajstić information content (AvgIpc) is 3.03. The molecule has 3 aromatic rings. The quantitative estimate of drug-likeness (QED) is 0.670. The van der Waals surface area contributed by atoms with E-state index in [-0.39, 0.29) is 11.7 Å². The minimum absolute atomic E-state index is 0.0912. The van der Waals surface area contributed by atoms with Crippen molar-refractivity contribution in [2.45, 2.75) is 31.4 Å². The molecule has 0 aliphatic carbocycles. The minimum atomic E-state index is -0.0912. The van der Waals surface area contributed by atoms with Crippen LogP contribution in [-0.4, -0.2) is 21.6 Å². The summed E-state index contributed by atoms with van der Waals surface area (Å²) in [5.74, 6) is 0.671. The number of thioether (sulfide) groups is 1. The Kier molecular flexibility index (Phi) is 5.15. The van der Waals surface area contributed by atoms with E-state index in [1.165, 1.54) is 17.3 Å². The van der Waals surface area contributed by atoms with Crippen molar-refractivity contribution in [1.82, 2.24) is 9.97 Å². The maximum Gasteiger partial charge on any atom is 0.258 e. The van der Waals surface area contributed by atoms with E-state index in [1.54, 1.807) is 18.3 Å². The van der Waals surface area contributed by atoms with E-state index in [0.717, 1.165) is 12.1 Å². The molecule has 1 atom stereocenters. The predicted molar refractivity (Wildman–Crippen MR) is 96.3 cm³/mol. The number of benzene rings is 1. The van der Waals surface area contributed by atoms with Gasteiger partial charge in [0, 0.05) is 11.9 Å². The molecule has 0 aliphatic rings. The van der Waals surface area contributed by atoms with Gasteiger partial charge in [-0.1, -0.05) is 37.7 Å². The molecule has 3 rings (SSSR count). The Hall–Kier alpha value is -2.34. The van der Waals surface area contributed by atoms with Crippen LogP contribution in [0.15, 0.2) is 52.2 Å². The molecule has 5 nitrogen and oxygen atoms in total. The third-order valence-corrected chi connectivity index (χ3v) is 4.68. The number of hydrogen-bond acceptors (Lipinski definition) is 5. The van der Waals surface area contributed by atoms with Crippen LogP contribution in [0.3, 0.4) is 0 Å². The molecule has 0 spiro atoms. The summed E-state index contributed by atoms with van der Waals surface area (Å²) in [4.78, 5) is 20.4. The van der Waals surface area contributed by atoms with E-state index >= 15 is 0 Å². The van der Waals surface area contributed by atoms with Crippen molar-refractivity contribution < 1.29 is 9.21 Å². The number of aromatic nitrogens is 2. The van der Waals surface area contributed by atoms with Crippen LogP contribution >= 0.6 is 11.8 Å². The second-order valence-corrected chi connectivity index (χ2v) is 6.50. The van der Waals surface area contributed by atoms with Gasteiger partial charge in [-0.15, -0.1) is 0 Å². The van der Waals surface area contributed by atoms with E-state index in [2.05, 4.69) is 41.3 Å². The van der Waals surface area contributed by atoms with E-state index in [4.69, 9.17) is 4.42 Å². The Morgan fingerprint density at radius 3 is 2.79 bits per heavy atom. The molecule has 1 amide bonds. The number of amides is 1. The highest BCUT2D eigenvalue weighted by atomic mass is 32.2. The van der Waals surface area contributed by atoms with E-state index in [1.807, 2.05) is 12.1 Å². The summed E-state index contributed by atoms with van der Waals surface area (Å²) in [5.41, 5.74) is 3.26. The Morgan fingerprint density at radius 1 is 1.29 bits per heavy atom. The molecule has 0 fully saturated rings. The lowest BCUT2D eigenvalue weighted by Gasteiger charge is -2.10. The molecule has 0 bridgehead atoms. The fraction of sp³-hybridized carbons (Fsp3) is 0.278. The molecule has 124 valence electrons. The zero-order chi connectivity index (χ0) is 16.9. The molecule has 24 heavy (non-hydrogen) atoms. The topological polar surface area (TPSA) is 68.0 Å². The van der Waals surface area contributed by atoms with Crippen molar-refractivity contribution >= 4 is 34.6 Å². The normalized spacial score (nSPS) is 12.2. The van der Waals surface area contributed by atoms with Crippen LogP contribution in [0.1, 0.15) is 31.7 Å². The van der Waals surface area contributed by atoms with Crippen LogP contribution in [0.4, 0.5) is 5.69 Å². The van der Waals surface area contributed by atoms with Crippen molar-refractivity contribution in [3.05, 3.63) is 48.2 Å². The highest BCUT2D eigenvalue weighted by Crippen LogP contribution is 2.23. The van der Waals surface area contributed by atoms with Gasteiger partial charge in [0.25, 0.3) is 5.22 Å². The molecule has 0 radical (unpaired) electrons. The highest BCUT2D eigenvalue weighted by molar-refractivity contribution is 7.99. The largest absolute Gasteiger partial charge is 0.430 e. The SMILES string of the molecule is CC[C@@H](C)c1ccc(NC(=O)CSc2nc3ncccc3o2)cc1. The number of anilines is 1. The number of carbonyl (C=O) groups excluding carboxylic acids is 1. The molecular formula is C18H19N3O2S. The standard InChI is InChI=1S/C18H19N3O2S/c1-3-12(2)13-6-8-14(9-7-13)20-16(22)11-24-18-21-17-15(23-18)5-4-10-19-17/h4-10,12H,3,11H2,1-2H3,(H,20,22)/t12-/m1/s1. The third-order valence-electron chi connectivity index (χ3n) is 3.85. The Balaban J connectivity index is 1.55. The maximum absolute atomic E-state index is 12.1.